The van der Waals surface area contributed by atoms with Crippen molar-refractivity contribution in [3.05, 3.63) is 46.1 Å². The zero-order chi connectivity index (χ0) is 16.4. The molecule has 4 rings (SSSR count). The van der Waals surface area contributed by atoms with E-state index < -0.39 is 0 Å². The monoisotopic (exact) mass is 328 g/mol. The van der Waals surface area contributed by atoms with Gasteiger partial charge >= 0.3 is 0 Å². The van der Waals surface area contributed by atoms with Gasteiger partial charge in [-0.1, -0.05) is 0 Å². The first-order chi connectivity index (χ1) is 11.8. The first kappa shape index (κ1) is 15.5. The van der Waals surface area contributed by atoms with E-state index in [1.807, 2.05) is 6.20 Å². The molecule has 0 aromatic carbocycles. The summed E-state index contributed by atoms with van der Waals surface area (Å²) in [6, 6.07) is 3.25. The molecule has 2 aliphatic rings. The Morgan fingerprint density at radius 1 is 1.00 bits per heavy atom. The minimum atomic E-state index is -0.0220. The molecule has 0 radical (unpaired) electrons. The SMILES string of the molecule is O=c1cccnn1CCN1CCN(Cc2cnn3c2CCC3)CC1. The van der Waals surface area contributed by atoms with Crippen LogP contribution in [-0.2, 0) is 26.1 Å². The zero-order valence-electron chi connectivity index (χ0n) is 14.0. The molecule has 1 saturated heterocycles. The van der Waals surface area contributed by atoms with Gasteiger partial charge in [-0.25, -0.2) is 4.68 Å². The van der Waals surface area contributed by atoms with Crippen molar-refractivity contribution in [2.75, 3.05) is 32.7 Å². The van der Waals surface area contributed by atoms with Crippen LogP contribution in [0.25, 0.3) is 0 Å². The molecule has 0 spiro atoms. The molecule has 2 aromatic rings. The van der Waals surface area contributed by atoms with Crippen LogP contribution in [0.5, 0.6) is 0 Å². The van der Waals surface area contributed by atoms with Gasteiger partial charge in [0.2, 0.25) is 0 Å². The predicted octanol–water partition coefficient (Wildman–Crippen LogP) is 0.204. The summed E-state index contributed by atoms with van der Waals surface area (Å²) in [5.74, 6) is 0. The third kappa shape index (κ3) is 3.27. The van der Waals surface area contributed by atoms with Gasteiger partial charge in [-0.15, -0.1) is 0 Å². The third-order valence-corrected chi connectivity index (χ3v) is 5.09. The van der Waals surface area contributed by atoms with Gasteiger partial charge in [0.05, 0.1) is 12.7 Å². The summed E-state index contributed by atoms with van der Waals surface area (Å²) in [4.78, 5) is 16.6. The summed E-state index contributed by atoms with van der Waals surface area (Å²) in [5, 5.41) is 8.61. The quantitative estimate of drug-likeness (QED) is 0.785. The van der Waals surface area contributed by atoms with Crippen LogP contribution in [0.4, 0.5) is 0 Å². The standard InChI is InChI=1S/C17H24N6O/c24-17-4-1-5-18-23(17)12-11-20-7-9-21(10-8-20)14-15-13-19-22-6-2-3-16(15)22/h1,4-5,13H,2-3,6-12,14H2. The normalized spacial score (nSPS) is 18.8. The van der Waals surface area contributed by atoms with Crippen molar-refractivity contribution in [2.45, 2.75) is 32.5 Å². The van der Waals surface area contributed by atoms with E-state index in [4.69, 9.17) is 0 Å². The maximum Gasteiger partial charge on any atom is 0.266 e. The summed E-state index contributed by atoms with van der Waals surface area (Å²) < 4.78 is 3.71. The highest BCUT2D eigenvalue weighted by Gasteiger charge is 2.21. The average molecular weight is 328 g/mol. The highest BCUT2D eigenvalue weighted by atomic mass is 16.1. The number of aryl methyl sites for hydroxylation is 1. The molecule has 0 saturated carbocycles. The molecular formula is C17H24N6O. The fourth-order valence-electron chi connectivity index (χ4n) is 3.66. The van der Waals surface area contributed by atoms with Gasteiger partial charge in [0.15, 0.2) is 0 Å². The van der Waals surface area contributed by atoms with E-state index in [0.717, 1.165) is 45.8 Å². The van der Waals surface area contributed by atoms with Gasteiger partial charge in [-0.3, -0.25) is 19.3 Å². The van der Waals surface area contributed by atoms with Crippen LogP contribution < -0.4 is 5.56 Å². The summed E-state index contributed by atoms with van der Waals surface area (Å²) in [7, 11) is 0. The summed E-state index contributed by atoms with van der Waals surface area (Å²) >= 11 is 0. The Hall–Kier alpha value is -1.99. The number of fused-ring (bicyclic) bond motifs is 1. The van der Waals surface area contributed by atoms with Crippen molar-refractivity contribution in [2.24, 2.45) is 0 Å². The largest absolute Gasteiger partial charge is 0.299 e. The van der Waals surface area contributed by atoms with Crippen molar-refractivity contribution in [1.82, 2.24) is 29.4 Å². The Bertz CT molecular complexity index is 744. The Balaban J connectivity index is 1.26. The molecule has 0 unspecified atom stereocenters. The van der Waals surface area contributed by atoms with Crippen molar-refractivity contribution < 1.29 is 0 Å². The Kier molecular flexibility index (Phi) is 4.44. The Morgan fingerprint density at radius 3 is 2.67 bits per heavy atom. The second-order valence-corrected chi connectivity index (χ2v) is 6.65. The third-order valence-electron chi connectivity index (χ3n) is 5.09. The minimum absolute atomic E-state index is 0.0220. The van der Waals surface area contributed by atoms with Crippen LogP contribution in [0, 0.1) is 0 Å². The average Bonchev–Trinajstić information content (AvgIpc) is 3.21. The molecule has 2 aliphatic heterocycles. The first-order valence-corrected chi connectivity index (χ1v) is 8.80. The van der Waals surface area contributed by atoms with Crippen LogP contribution in [0.3, 0.4) is 0 Å². The lowest BCUT2D eigenvalue weighted by molar-refractivity contribution is 0.122. The number of hydrogen-bond acceptors (Lipinski definition) is 5. The molecule has 1 fully saturated rings. The van der Waals surface area contributed by atoms with Crippen molar-refractivity contribution in [1.29, 1.82) is 0 Å². The second kappa shape index (κ2) is 6.86. The van der Waals surface area contributed by atoms with E-state index >= 15 is 0 Å². The number of hydrogen-bond donors (Lipinski definition) is 0. The molecule has 0 amide bonds. The minimum Gasteiger partial charge on any atom is -0.299 e. The van der Waals surface area contributed by atoms with E-state index in [-0.39, 0.29) is 5.56 Å². The molecule has 0 aliphatic carbocycles. The van der Waals surface area contributed by atoms with E-state index in [1.54, 1.807) is 23.0 Å². The van der Waals surface area contributed by atoms with Gasteiger partial charge in [0.25, 0.3) is 5.56 Å². The van der Waals surface area contributed by atoms with E-state index in [1.165, 1.54) is 24.1 Å². The number of piperazine rings is 1. The van der Waals surface area contributed by atoms with Crippen LogP contribution in [-0.4, -0.2) is 62.1 Å². The maximum absolute atomic E-state index is 11.7. The summed E-state index contributed by atoms with van der Waals surface area (Å²) in [6.45, 7) is 7.88. The number of nitrogens with zero attached hydrogens (tertiary/aromatic N) is 6. The van der Waals surface area contributed by atoms with Crippen LogP contribution in [0.1, 0.15) is 17.7 Å². The highest BCUT2D eigenvalue weighted by Crippen LogP contribution is 2.20. The fraction of sp³-hybridized carbons (Fsp3) is 0.588. The lowest BCUT2D eigenvalue weighted by Gasteiger charge is -2.34. The topological polar surface area (TPSA) is 59.2 Å². The molecule has 7 heteroatoms. The Labute approximate surface area is 141 Å². The zero-order valence-corrected chi connectivity index (χ0v) is 14.0. The number of rotatable bonds is 5. The van der Waals surface area contributed by atoms with Crippen LogP contribution >= 0.6 is 0 Å². The van der Waals surface area contributed by atoms with Gasteiger partial charge in [0, 0.05) is 69.3 Å². The van der Waals surface area contributed by atoms with Gasteiger partial charge in [0.1, 0.15) is 0 Å². The number of aromatic nitrogens is 4. The Morgan fingerprint density at radius 2 is 1.83 bits per heavy atom. The van der Waals surface area contributed by atoms with Crippen LogP contribution in [0.2, 0.25) is 0 Å². The fourth-order valence-corrected chi connectivity index (χ4v) is 3.66. The molecular weight excluding hydrogens is 304 g/mol. The molecule has 0 atom stereocenters. The lowest BCUT2D eigenvalue weighted by Crippen LogP contribution is -2.47. The smallest absolute Gasteiger partial charge is 0.266 e. The summed E-state index contributed by atoms with van der Waals surface area (Å²) in [5.41, 5.74) is 2.82. The van der Waals surface area contributed by atoms with Crippen molar-refractivity contribution in [3.63, 3.8) is 0 Å². The lowest BCUT2D eigenvalue weighted by atomic mass is 10.1. The molecule has 4 heterocycles. The summed E-state index contributed by atoms with van der Waals surface area (Å²) in [6.07, 6.45) is 6.13. The first-order valence-electron chi connectivity index (χ1n) is 8.80. The molecule has 7 nitrogen and oxygen atoms in total. The van der Waals surface area contributed by atoms with E-state index in [2.05, 4.69) is 24.7 Å². The van der Waals surface area contributed by atoms with Crippen molar-refractivity contribution in [3.8, 4) is 0 Å². The van der Waals surface area contributed by atoms with Gasteiger partial charge in [-0.05, 0) is 18.9 Å². The van der Waals surface area contributed by atoms with Gasteiger partial charge < -0.3 is 0 Å². The van der Waals surface area contributed by atoms with E-state index in [9.17, 15) is 4.79 Å². The molecule has 2 aromatic heterocycles. The van der Waals surface area contributed by atoms with Crippen LogP contribution in [0.15, 0.2) is 29.3 Å². The van der Waals surface area contributed by atoms with Gasteiger partial charge in [-0.2, -0.15) is 10.2 Å². The van der Waals surface area contributed by atoms with E-state index in [0.29, 0.717) is 6.54 Å². The second-order valence-electron chi connectivity index (χ2n) is 6.65. The highest BCUT2D eigenvalue weighted by molar-refractivity contribution is 5.20. The molecule has 0 N–H and O–H groups in total. The molecule has 0 bridgehead atoms. The molecule has 128 valence electrons. The molecule has 24 heavy (non-hydrogen) atoms. The predicted molar refractivity (Wildman–Crippen MR) is 90.8 cm³/mol. The van der Waals surface area contributed by atoms with Crippen molar-refractivity contribution >= 4 is 0 Å². The maximum atomic E-state index is 11.7.